The maximum Gasteiger partial charge on any atom is 0.408 e. The number of benzene rings is 2. The third kappa shape index (κ3) is 5.21. The van der Waals surface area contributed by atoms with Gasteiger partial charge in [0.1, 0.15) is 11.6 Å². The normalized spacial score (nSPS) is 12.7. The highest BCUT2D eigenvalue weighted by molar-refractivity contribution is 5.94. The summed E-state index contributed by atoms with van der Waals surface area (Å²) in [5.41, 5.74) is 0.101. The van der Waals surface area contributed by atoms with E-state index in [1.165, 1.54) is 0 Å². The van der Waals surface area contributed by atoms with Gasteiger partial charge in [0.15, 0.2) is 0 Å². The van der Waals surface area contributed by atoms with Crippen molar-refractivity contribution in [1.82, 2.24) is 10.6 Å². The molecular formula is C20H26N2O3. The minimum atomic E-state index is -0.830. The van der Waals surface area contributed by atoms with Crippen molar-refractivity contribution >= 4 is 22.8 Å². The number of ether oxygens (including phenoxy) is 1. The minimum Gasteiger partial charge on any atom is -0.444 e. The predicted octanol–water partition coefficient (Wildman–Crippen LogP) is 3.93. The summed E-state index contributed by atoms with van der Waals surface area (Å²) >= 11 is 0. The predicted molar refractivity (Wildman–Crippen MR) is 99.3 cm³/mol. The first-order chi connectivity index (χ1) is 11.7. The minimum absolute atomic E-state index is 0.0367. The third-order valence-corrected chi connectivity index (χ3v) is 3.49. The summed E-state index contributed by atoms with van der Waals surface area (Å²) in [7, 11) is 0. The van der Waals surface area contributed by atoms with Crippen LogP contribution in [-0.2, 0) is 9.53 Å². The van der Waals surface area contributed by atoms with Gasteiger partial charge in [0.25, 0.3) is 0 Å². The molecule has 1 unspecified atom stereocenters. The number of hydrogen-bond donors (Lipinski definition) is 2. The lowest BCUT2D eigenvalue weighted by atomic mass is 9.98. The van der Waals surface area contributed by atoms with Crippen LogP contribution >= 0.6 is 0 Å². The fraction of sp³-hybridized carbons (Fsp3) is 0.400. The molecule has 2 amide bonds. The van der Waals surface area contributed by atoms with Gasteiger partial charge in [-0.1, -0.05) is 42.5 Å². The van der Waals surface area contributed by atoms with Crippen LogP contribution in [-0.4, -0.2) is 23.6 Å². The zero-order valence-electron chi connectivity index (χ0n) is 15.4. The lowest BCUT2D eigenvalue weighted by Crippen LogP contribution is -2.44. The largest absolute Gasteiger partial charge is 0.444 e. The maximum absolute atomic E-state index is 12.7. The van der Waals surface area contributed by atoms with E-state index in [4.69, 9.17) is 4.74 Å². The summed E-state index contributed by atoms with van der Waals surface area (Å²) in [4.78, 5) is 25.0. The molecule has 0 saturated heterocycles. The molecule has 134 valence electrons. The van der Waals surface area contributed by atoms with Crippen molar-refractivity contribution in [1.29, 1.82) is 0 Å². The van der Waals surface area contributed by atoms with Crippen LogP contribution in [0.15, 0.2) is 42.5 Å². The van der Waals surface area contributed by atoms with Crippen LogP contribution in [0.5, 0.6) is 0 Å². The molecule has 0 aliphatic rings. The van der Waals surface area contributed by atoms with Crippen molar-refractivity contribution in [2.75, 3.05) is 0 Å². The van der Waals surface area contributed by atoms with Gasteiger partial charge in [-0.2, -0.15) is 0 Å². The summed E-state index contributed by atoms with van der Waals surface area (Å²) in [6, 6.07) is 12.6. The van der Waals surface area contributed by atoms with Crippen molar-refractivity contribution in [2.24, 2.45) is 0 Å². The molecule has 5 heteroatoms. The summed E-state index contributed by atoms with van der Waals surface area (Å²) < 4.78 is 5.33. The average Bonchev–Trinajstić information content (AvgIpc) is 2.49. The van der Waals surface area contributed by atoms with Gasteiger partial charge in [-0.25, -0.2) is 4.79 Å². The maximum atomic E-state index is 12.7. The topological polar surface area (TPSA) is 67.4 Å². The van der Waals surface area contributed by atoms with Crippen molar-refractivity contribution in [2.45, 2.75) is 52.3 Å². The molecule has 0 bridgehead atoms. The van der Waals surface area contributed by atoms with Gasteiger partial charge in [0.2, 0.25) is 5.91 Å². The Morgan fingerprint density at radius 1 is 0.960 bits per heavy atom. The van der Waals surface area contributed by atoms with Gasteiger partial charge in [-0.3, -0.25) is 4.79 Å². The Hall–Kier alpha value is -2.56. The fourth-order valence-electron chi connectivity index (χ4n) is 2.58. The number of carbonyl (C=O) groups excluding carboxylic acids is 2. The van der Waals surface area contributed by atoms with Gasteiger partial charge in [-0.15, -0.1) is 0 Å². The second kappa shape index (κ2) is 7.55. The van der Waals surface area contributed by atoms with Crippen molar-refractivity contribution < 1.29 is 14.3 Å². The van der Waals surface area contributed by atoms with Crippen molar-refractivity contribution in [3.05, 3.63) is 48.0 Å². The van der Waals surface area contributed by atoms with Crippen LogP contribution in [0.3, 0.4) is 0 Å². The molecule has 2 rings (SSSR count). The van der Waals surface area contributed by atoms with Gasteiger partial charge >= 0.3 is 6.09 Å². The van der Waals surface area contributed by atoms with Gasteiger partial charge in [0, 0.05) is 6.04 Å². The van der Waals surface area contributed by atoms with Crippen molar-refractivity contribution in [3.8, 4) is 0 Å². The highest BCUT2D eigenvalue weighted by Crippen LogP contribution is 2.25. The molecule has 0 heterocycles. The number of carbonyl (C=O) groups is 2. The molecule has 1 atom stereocenters. The number of fused-ring (bicyclic) bond motifs is 1. The van der Waals surface area contributed by atoms with Crippen LogP contribution in [0, 0.1) is 0 Å². The average molecular weight is 342 g/mol. The van der Waals surface area contributed by atoms with Crippen molar-refractivity contribution in [3.63, 3.8) is 0 Å². The SMILES string of the molecule is CC(C)NC(=O)C(NC(=O)OC(C)(C)C)c1cccc2ccccc12. The second-order valence-corrected chi connectivity index (χ2v) is 7.31. The molecule has 2 aromatic carbocycles. The highest BCUT2D eigenvalue weighted by Gasteiger charge is 2.27. The number of amides is 2. The van der Waals surface area contributed by atoms with E-state index in [0.29, 0.717) is 0 Å². The molecule has 0 saturated carbocycles. The monoisotopic (exact) mass is 342 g/mol. The second-order valence-electron chi connectivity index (χ2n) is 7.31. The molecule has 5 nitrogen and oxygen atoms in total. The molecule has 0 radical (unpaired) electrons. The standard InChI is InChI=1S/C20H26N2O3/c1-13(2)21-18(23)17(22-19(24)25-20(3,4)5)16-12-8-10-14-9-6-7-11-15(14)16/h6-13,17H,1-5H3,(H,21,23)(H,22,24). The number of alkyl carbamates (subject to hydrolysis) is 1. The summed E-state index contributed by atoms with van der Waals surface area (Å²) in [6.45, 7) is 9.12. The Morgan fingerprint density at radius 3 is 2.24 bits per heavy atom. The van der Waals surface area contributed by atoms with E-state index in [0.717, 1.165) is 16.3 Å². The molecule has 2 aromatic rings. The van der Waals surface area contributed by atoms with Crippen LogP contribution in [0.4, 0.5) is 4.79 Å². The molecule has 0 aromatic heterocycles. The third-order valence-electron chi connectivity index (χ3n) is 3.49. The van der Waals surface area contributed by atoms with Crippen LogP contribution in [0.25, 0.3) is 10.8 Å². The first kappa shape index (κ1) is 18.8. The highest BCUT2D eigenvalue weighted by atomic mass is 16.6. The smallest absolute Gasteiger partial charge is 0.408 e. The molecule has 0 spiro atoms. The molecule has 2 N–H and O–H groups in total. The number of rotatable bonds is 4. The summed E-state index contributed by atoms with van der Waals surface area (Å²) in [6.07, 6.45) is -0.621. The fourth-order valence-corrected chi connectivity index (χ4v) is 2.58. The van der Waals surface area contributed by atoms with E-state index in [2.05, 4.69) is 10.6 Å². The van der Waals surface area contributed by atoms with E-state index in [1.54, 1.807) is 20.8 Å². The first-order valence-corrected chi connectivity index (χ1v) is 8.45. The summed E-state index contributed by atoms with van der Waals surface area (Å²) in [5, 5.41) is 7.51. The van der Waals surface area contributed by atoms with E-state index >= 15 is 0 Å². The van der Waals surface area contributed by atoms with Crippen LogP contribution in [0.1, 0.15) is 46.2 Å². The zero-order chi connectivity index (χ0) is 18.6. The molecule has 0 aliphatic carbocycles. The number of nitrogens with one attached hydrogen (secondary N) is 2. The lowest BCUT2D eigenvalue weighted by Gasteiger charge is -2.25. The van der Waals surface area contributed by atoms with E-state index in [9.17, 15) is 9.59 Å². The van der Waals surface area contributed by atoms with E-state index in [-0.39, 0.29) is 11.9 Å². The van der Waals surface area contributed by atoms with Crippen LogP contribution in [0.2, 0.25) is 0 Å². The first-order valence-electron chi connectivity index (χ1n) is 8.45. The quantitative estimate of drug-likeness (QED) is 0.884. The Morgan fingerprint density at radius 2 is 1.60 bits per heavy atom. The van der Waals surface area contributed by atoms with Gasteiger partial charge in [-0.05, 0) is 51.0 Å². The Labute approximate surface area is 148 Å². The molecule has 0 fully saturated rings. The summed E-state index contributed by atoms with van der Waals surface area (Å²) in [5.74, 6) is -0.266. The molecular weight excluding hydrogens is 316 g/mol. The Kier molecular flexibility index (Phi) is 5.67. The zero-order valence-corrected chi connectivity index (χ0v) is 15.4. The number of hydrogen-bond acceptors (Lipinski definition) is 3. The molecule has 0 aliphatic heterocycles. The van der Waals surface area contributed by atoms with E-state index < -0.39 is 17.7 Å². The van der Waals surface area contributed by atoms with Crippen LogP contribution < -0.4 is 10.6 Å². The van der Waals surface area contributed by atoms with Gasteiger partial charge < -0.3 is 15.4 Å². The van der Waals surface area contributed by atoms with E-state index in [1.807, 2.05) is 56.3 Å². The Bertz CT molecular complexity index is 758. The lowest BCUT2D eigenvalue weighted by molar-refractivity contribution is -0.123. The molecule has 25 heavy (non-hydrogen) atoms. The van der Waals surface area contributed by atoms with Gasteiger partial charge in [0.05, 0.1) is 0 Å². The Balaban J connectivity index is 2.40.